The third-order valence-electron chi connectivity index (χ3n) is 5.50. The van der Waals surface area contributed by atoms with Gasteiger partial charge in [0, 0.05) is 30.0 Å². The van der Waals surface area contributed by atoms with E-state index < -0.39 is 0 Å². The smallest absolute Gasteiger partial charge is 0.272 e. The van der Waals surface area contributed by atoms with Gasteiger partial charge in [-0.05, 0) is 57.2 Å². The molecular weight excluding hydrogens is 348 g/mol. The van der Waals surface area contributed by atoms with Gasteiger partial charge in [-0.1, -0.05) is 35.9 Å². The largest absolute Gasteiger partial charge is 0.334 e. The van der Waals surface area contributed by atoms with E-state index >= 15 is 0 Å². The van der Waals surface area contributed by atoms with Gasteiger partial charge in [0.1, 0.15) is 5.69 Å². The van der Waals surface area contributed by atoms with Crippen molar-refractivity contribution in [3.63, 3.8) is 0 Å². The summed E-state index contributed by atoms with van der Waals surface area (Å²) in [7, 11) is 0. The summed E-state index contributed by atoms with van der Waals surface area (Å²) in [5.74, 6) is 0.0524. The summed E-state index contributed by atoms with van der Waals surface area (Å²) in [6.07, 6.45) is 6.96. The molecule has 2 aromatic heterocycles. The highest BCUT2D eigenvalue weighted by atomic mass is 16.2. The van der Waals surface area contributed by atoms with E-state index in [2.05, 4.69) is 40.3 Å². The number of likely N-dealkylation sites (tertiary alicyclic amines) is 1. The molecule has 1 amide bonds. The molecule has 28 heavy (non-hydrogen) atoms. The first-order chi connectivity index (χ1) is 13.7. The maximum absolute atomic E-state index is 13.2. The monoisotopic (exact) mass is 374 g/mol. The number of aryl methyl sites for hydroxylation is 2. The molecule has 0 aliphatic carbocycles. The number of amides is 1. The standard InChI is InChI=1S/C23H26N4O/c1-17-8-10-18(11-9-17)21-16-22(26-25-21)23(28)27-15-5-3-7-20(27)13-12-19-6-2-4-14-24-19/h2,4,6,8-11,14,16,20H,3,5,7,12-13,15H2,1H3,(H,25,26). The molecule has 0 saturated carbocycles. The number of carbonyl (C=O) groups is 1. The quantitative estimate of drug-likeness (QED) is 0.720. The van der Waals surface area contributed by atoms with Crippen LogP contribution in [-0.4, -0.2) is 38.6 Å². The first-order valence-corrected chi connectivity index (χ1v) is 10.0. The van der Waals surface area contributed by atoms with Crippen molar-refractivity contribution in [1.82, 2.24) is 20.1 Å². The van der Waals surface area contributed by atoms with E-state index in [0.29, 0.717) is 5.69 Å². The Morgan fingerprint density at radius 3 is 2.82 bits per heavy atom. The second-order valence-corrected chi connectivity index (χ2v) is 7.54. The number of H-pyrrole nitrogens is 1. The lowest BCUT2D eigenvalue weighted by Gasteiger charge is -2.35. The summed E-state index contributed by atoms with van der Waals surface area (Å²) in [4.78, 5) is 19.6. The van der Waals surface area contributed by atoms with Gasteiger partial charge in [-0.15, -0.1) is 0 Å². The van der Waals surface area contributed by atoms with Crippen LogP contribution in [0.5, 0.6) is 0 Å². The topological polar surface area (TPSA) is 61.9 Å². The van der Waals surface area contributed by atoms with E-state index in [1.807, 2.05) is 41.4 Å². The number of hydrogen-bond acceptors (Lipinski definition) is 3. The van der Waals surface area contributed by atoms with Crippen molar-refractivity contribution in [1.29, 1.82) is 0 Å². The summed E-state index contributed by atoms with van der Waals surface area (Å²) in [6, 6.07) is 16.3. The van der Waals surface area contributed by atoms with Crippen LogP contribution in [0.3, 0.4) is 0 Å². The van der Waals surface area contributed by atoms with Crippen LogP contribution < -0.4 is 0 Å². The van der Waals surface area contributed by atoms with E-state index in [9.17, 15) is 4.79 Å². The third kappa shape index (κ3) is 4.14. The van der Waals surface area contributed by atoms with Crippen LogP contribution in [0.2, 0.25) is 0 Å². The summed E-state index contributed by atoms with van der Waals surface area (Å²) in [6.45, 7) is 2.87. The lowest BCUT2D eigenvalue weighted by Crippen LogP contribution is -2.44. The zero-order valence-corrected chi connectivity index (χ0v) is 16.3. The number of nitrogens with zero attached hydrogens (tertiary/aromatic N) is 3. The fourth-order valence-electron chi connectivity index (χ4n) is 3.89. The van der Waals surface area contributed by atoms with Gasteiger partial charge in [-0.3, -0.25) is 14.9 Å². The summed E-state index contributed by atoms with van der Waals surface area (Å²) < 4.78 is 0. The van der Waals surface area contributed by atoms with Crippen LogP contribution in [0.4, 0.5) is 0 Å². The van der Waals surface area contributed by atoms with Gasteiger partial charge in [-0.2, -0.15) is 5.10 Å². The van der Waals surface area contributed by atoms with E-state index in [4.69, 9.17) is 0 Å². The Balaban J connectivity index is 1.46. The summed E-state index contributed by atoms with van der Waals surface area (Å²) in [5.41, 5.74) is 4.69. The molecule has 1 fully saturated rings. The number of benzene rings is 1. The minimum absolute atomic E-state index is 0.0524. The maximum Gasteiger partial charge on any atom is 0.272 e. The molecular formula is C23H26N4O. The highest BCUT2D eigenvalue weighted by Crippen LogP contribution is 2.24. The normalized spacial score (nSPS) is 16.9. The predicted molar refractivity (Wildman–Crippen MR) is 110 cm³/mol. The Kier molecular flexibility index (Phi) is 5.51. The number of rotatable bonds is 5. The van der Waals surface area contributed by atoms with E-state index in [-0.39, 0.29) is 11.9 Å². The molecule has 0 spiro atoms. The van der Waals surface area contributed by atoms with Crippen molar-refractivity contribution in [2.24, 2.45) is 0 Å². The van der Waals surface area contributed by atoms with Crippen LogP contribution in [0, 0.1) is 6.92 Å². The van der Waals surface area contributed by atoms with Crippen molar-refractivity contribution in [3.8, 4) is 11.3 Å². The Morgan fingerprint density at radius 1 is 1.18 bits per heavy atom. The molecule has 144 valence electrons. The van der Waals surface area contributed by atoms with Crippen molar-refractivity contribution in [2.75, 3.05) is 6.54 Å². The van der Waals surface area contributed by atoms with E-state index in [0.717, 1.165) is 49.2 Å². The average Bonchev–Trinajstić information content (AvgIpc) is 3.23. The molecule has 4 rings (SSSR count). The Bertz CT molecular complexity index is 917. The minimum Gasteiger partial charge on any atom is -0.334 e. The minimum atomic E-state index is 0.0524. The second kappa shape index (κ2) is 8.38. The molecule has 1 aliphatic heterocycles. The van der Waals surface area contributed by atoms with Gasteiger partial charge < -0.3 is 4.90 Å². The molecule has 0 radical (unpaired) electrons. The van der Waals surface area contributed by atoms with Crippen LogP contribution in [-0.2, 0) is 6.42 Å². The predicted octanol–water partition coefficient (Wildman–Crippen LogP) is 4.41. The highest BCUT2D eigenvalue weighted by molar-refractivity contribution is 5.93. The number of hydrogen-bond donors (Lipinski definition) is 1. The van der Waals surface area contributed by atoms with Crippen LogP contribution in [0.25, 0.3) is 11.3 Å². The Hall–Kier alpha value is -2.95. The zero-order valence-electron chi connectivity index (χ0n) is 16.3. The molecule has 3 aromatic rings. The lowest BCUT2D eigenvalue weighted by molar-refractivity contribution is 0.0595. The van der Waals surface area contributed by atoms with Gasteiger partial charge in [0.15, 0.2) is 0 Å². The molecule has 1 N–H and O–H groups in total. The molecule has 3 heterocycles. The lowest BCUT2D eigenvalue weighted by atomic mass is 9.96. The molecule has 5 nitrogen and oxygen atoms in total. The highest BCUT2D eigenvalue weighted by Gasteiger charge is 2.28. The Morgan fingerprint density at radius 2 is 2.04 bits per heavy atom. The number of aromatic nitrogens is 3. The maximum atomic E-state index is 13.2. The van der Waals surface area contributed by atoms with Gasteiger partial charge >= 0.3 is 0 Å². The number of carbonyl (C=O) groups excluding carboxylic acids is 1. The zero-order chi connectivity index (χ0) is 19.3. The summed E-state index contributed by atoms with van der Waals surface area (Å²) >= 11 is 0. The first-order valence-electron chi connectivity index (χ1n) is 10.0. The van der Waals surface area contributed by atoms with E-state index in [1.165, 1.54) is 12.0 Å². The fraction of sp³-hybridized carbons (Fsp3) is 0.348. The molecule has 1 unspecified atom stereocenters. The molecule has 5 heteroatoms. The molecule has 1 aromatic carbocycles. The van der Waals surface area contributed by atoms with Crippen LogP contribution in [0.1, 0.15) is 47.4 Å². The van der Waals surface area contributed by atoms with Crippen LogP contribution in [0.15, 0.2) is 54.7 Å². The Labute approximate surface area is 165 Å². The first kappa shape index (κ1) is 18.4. The van der Waals surface area contributed by atoms with Gasteiger partial charge in [0.2, 0.25) is 0 Å². The SMILES string of the molecule is Cc1ccc(-c2cc(C(=O)N3CCCCC3CCc3ccccn3)[nH]n2)cc1. The van der Waals surface area contributed by atoms with Gasteiger partial charge in [0.05, 0.1) is 5.69 Å². The average molecular weight is 374 g/mol. The number of nitrogens with one attached hydrogen (secondary N) is 1. The van der Waals surface area contributed by atoms with Crippen molar-refractivity contribution in [2.45, 2.75) is 45.1 Å². The van der Waals surface area contributed by atoms with Crippen LogP contribution >= 0.6 is 0 Å². The van der Waals surface area contributed by atoms with E-state index in [1.54, 1.807) is 0 Å². The number of pyridine rings is 1. The molecule has 1 aliphatic rings. The molecule has 0 bridgehead atoms. The van der Waals surface area contributed by atoms with Gasteiger partial charge in [0.25, 0.3) is 5.91 Å². The summed E-state index contributed by atoms with van der Waals surface area (Å²) in [5, 5.41) is 7.32. The number of aromatic amines is 1. The third-order valence-corrected chi connectivity index (χ3v) is 5.50. The molecule has 1 saturated heterocycles. The van der Waals surface area contributed by atoms with Crippen molar-refractivity contribution in [3.05, 3.63) is 71.7 Å². The van der Waals surface area contributed by atoms with Crippen molar-refractivity contribution >= 4 is 5.91 Å². The van der Waals surface area contributed by atoms with Gasteiger partial charge in [-0.25, -0.2) is 0 Å². The number of piperidine rings is 1. The van der Waals surface area contributed by atoms with Crippen molar-refractivity contribution < 1.29 is 4.79 Å². The second-order valence-electron chi connectivity index (χ2n) is 7.54. The molecule has 1 atom stereocenters. The fourth-order valence-corrected chi connectivity index (χ4v) is 3.89.